The van der Waals surface area contributed by atoms with Crippen molar-refractivity contribution in [2.24, 2.45) is 0 Å². The lowest BCUT2D eigenvalue weighted by molar-refractivity contribution is 0.103. The van der Waals surface area contributed by atoms with Gasteiger partial charge in [0.1, 0.15) is 15.5 Å². The van der Waals surface area contributed by atoms with Crippen LogP contribution in [0.2, 0.25) is 0 Å². The SMILES string of the molecule is Cc1ccc(-c2ccc3c(N)c(C(=O)Nc4ncccc4C)sc3n2)cc1. The average molecular weight is 374 g/mol. The molecule has 0 saturated carbocycles. The number of aromatic nitrogens is 2. The Hall–Kier alpha value is -3.25. The number of thiophene rings is 1. The molecule has 3 aromatic heterocycles. The Morgan fingerprint density at radius 1 is 1.07 bits per heavy atom. The summed E-state index contributed by atoms with van der Waals surface area (Å²) in [7, 11) is 0. The van der Waals surface area contributed by atoms with E-state index >= 15 is 0 Å². The van der Waals surface area contributed by atoms with Crippen molar-refractivity contribution in [2.45, 2.75) is 13.8 Å². The summed E-state index contributed by atoms with van der Waals surface area (Å²) in [5.41, 5.74) is 10.7. The van der Waals surface area contributed by atoms with Crippen molar-refractivity contribution in [3.8, 4) is 11.3 Å². The zero-order chi connectivity index (χ0) is 19.0. The van der Waals surface area contributed by atoms with Crippen molar-refractivity contribution in [3.05, 3.63) is 70.7 Å². The minimum atomic E-state index is -0.269. The number of nitrogens with two attached hydrogens (primary N) is 1. The largest absolute Gasteiger partial charge is 0.397 e. The fourth-order valence-corrected chi connectivity index (χ4v) is 3.82. The minimum absolute atomic E-state index is 0.269. The minimum Gasteiger partial charge on any atom is -0.397 e. The Kier molecular flexibility index (Phi) is 4.33. The molecule has 0 aliphatic carbocycles. The van der Waals surface area contributed by atoms with E-state index in [9.17, 15) is 4.79 Å². The number of nitrogens with one attached hydrogen (secondary N) is 1. The predicted molar refractivity (Wildman–Crippen MR) is 111 cm³/mol. The number of anilines is 2. The summed E-state index contributed by atoms with van der Waals surface area (Å²) in [5.74, 6) is 0.266. The van der Waals surface area contributed by atoms with Gasteiger partial charge in [0.15, 0.2) is 0 Å². The molecule has 6 heteroatoms. The van der Waals surface area contributed by atoms with E-state index in [-0.39, 0.29) is 5.91 Å². The molecule has 0 radical (unpaired) electrons. The standard InChI is InChI=1S/C21H18N4OS/c1-12-5-7-14(8-6-12)16-10-9-15-17(22)18(27-21(15)24-16)20(26)25-19-13(2)4-3-11-23-19/h3-11H,22H2,1-2H3,(H,23,25,26). The number of nitrogen functional groups attached to an aromatic ring is 1. The molecule has 0 atom stereocenters. The highest BCUT2D eigenvalue weighted by Crippen LogP contribution is 2.34. The quantitative estimate of drug-likeness (QED) is 0.539. The van der Waals surface area contributed by atoms with Crippen LogP contribution in [0, 0.1) is 13.8 Å². The molecule has 1 aromatic carbocycles. The Labute approximate surface area is 160 Å². The number of carbonyl (C=O) groups is 1. The third-order valence-electron chi connectivity index (χ3n) is 4.39. The summed E-state index contributed by atoms with van der Waals surface area (Å²) in [6, 6.07) is 15.8. The number of aryl methyl sites for hydroxylation is 2. The number of amides is 1. The molecule has 1 amide bonds. The normalized spacial score (nSPS) is 10.9. The van der Waals surface area contributed by atoms with Crippen molar-refractivity contribution < 1.29 is 4.79 Å². The van der Waals surface area contributed by atoms with E-state index in [4.69, 9.17) is 10.7 Å². The Balaban J connectivity index is 1.70. The molecular weight excluding hydrogens is 356 g/mol. The molecule has 3 heterocycles. The number of benzene rings is 1. The first kappa shape index (κ1) is 17.2. The van der Waals surface area contributed by atoms with Crippen LogP contribution in [0.25, 0.3) is 21.5 Å². The van der Waals surface area contributed by atoms with Crippen LogP contribution in [-0.2, 0) is 0 Å². The number of carbonyl (C=O) groups excluding carboxylic acids is 1. The second-order valence-electron chi connectivity index (χ2n) is 6.38. The van der Waals surface area contributed by atoms with Gasteiger partial charge in [0.05, 0.1) is 11.4 Å². The molecule has 3 N–H and O–H groups in total. The van der Waals surface area contributed by atoms with Gasteiger partial charge in [0, 0.05) is 17.1 Å². The van der Waals surface area contributed by atoms with Gasteiger partial charge in [0.25, 0.3) is 5.91 Å². The van der Waals surface area contributed by atoms with Gasteiger partial charge in [-0.05, 0) is 37.6 Å². The van der Waals surface area contributed by atoms with Crippen LogP contribution in [-0.4, -0.2) is 15.9 Å². The van der Waals surface area contributed by atoms with Crippen LogP contribution in [0.3, 0.4) is 0 Å². The summed E-state index contributed by atoms with van der Waals surface area (Å²) in [6.07, 6.45) is 1.65. The first-order valence-electron chi connectivity index (χ1n) is 8.52. The summed E-state index contributed by atoms with van der Waals surface area (Å²) in [4.78, 5) is 22.8. The highest BCUT2D eigenvalue weighted by atomic mass is 32.1. The van der Waals surface area contributed by atoms with E-state index in [0.29, 0.717) is 16.4 Å². The van der Waals surface area contributed by atoms with Gasteiger partial charge in [0.2, 0.25) is 0 Å². The topological polar surface area (TPSA) is 80.9 Å². The number of nitrogens with zero attached hydrogens (tertiary/aromatic N) is 2. The Morgan fingerprint density at radius 3 is 2.59 bits per heavy atom. The maximum Gasteiger partial charge on any atom is 0.269 e. The van der Waals surface area contributed by atoms with E-state index < -0.39 is 0 Å². The average Bonchev–Trinajstić information content (AvgIpc) is 3.00. The van der Waals surface area contributed by atoms with Crippen LogP contribution in [0.15, 0.2) is 54.7 Å². The predicted octanol–water partition coefficient (Wildman–Crippen LogP) is 4.81. The van der Waals surface area contributed by atoms with E-state index in [1.807, 2.05) is 43.3 Å². The van der Waals surface area contributed by atoms with E-state index in [0.717, 1.165) is 27.0 Å². The summed E-state index contributed by atoms with van der Waals surface area (Å²) >= 11 is 1.29. The van der Waals surface area contributed by atoms with Crippen LogP contribution >= 0.6 is 11.3 Å². The zero-order valence-electron chi connectivity index (χ0n) is 15.0. The molecule has 0 aliphatic rings. The van der Waals surface area contributed by atoms with E-state index in [1.165, 1.54) is 16.9 Å². The third-order valence-corrected chi connectivity index (χ3v) is 5.50. The second-order valence-corrected chi connectivity index (χ2v) is 7.38. The smallest absolute Gasteiger partial charge is 0.269 e. The van der Waals surface area contributed by atoms with Crippen LogP contribution in [0.5, 0.6) is 0 Å². The lowest BCUT2D eigenvalue weighted by atomic mass is 10.1. The molecule has 0 aliphatic heterocycles. The highest BCUT2D eigenvalue weighted by molar-refractivity contribution is 7.21. The number of hydrogen-bond acceptors (Lipinski definition) is 5. The molecule has 4 rings (SSSR count). The fraction of sp³-hybridized carbons (Fsp3) is 0.0952. The van der Waals surface area contributed by atoms with Crippen molar-refractivity contribution >= 4 is 39.0 Å². The van der Waals surface area contributed by atoms with Crippen LogP contribution in [0.4, 0.5) is 11.5 Å². The van der Waals surface area contributed by atoms with Gasteiger partial charge in [-0.2, -0.15) is 0 Å². The third kappa shape index (κ3) is 3.27. The second kappa shape index (κ2) is 6.81. The van der Waals surface area contributed by atoms with Gasteiger partial charge in [-0.3, -0.25) is 4.79 Å². The molecule has 5 nitrogen and oxygen atoms in total. The molecule has 0 saturated heterocycles. The summed E-state index contributed by atoms with van der Waals surface area (Å²) < 4.78 is 0. The molecule has 0 unspecified atom stereocenters. The van der Waals surface area contributed by atoms with Crippen LogP contribution in [0.1, 0.15) is 20.8 Å². The van der Waals surface area contributed by atoms with Gasteiger partial charge in [-0.25, -0.2) is 9.97 Å². The van der Waals surface area contributed by atoms with Crippen molar-refractivity contribution in [1.29, 1.82) is 0 Å². The van der Waals surface area contributed by atoms with Crippen molar-refractivity contribution in [2.75, 3.05) is 11.1 Å². The first-order chi connectivity index (χ1) is 13.0. The maximum absolute atomic E-state index is 12.7. The molecule has 134 valence electrons. The van der Waals surface area contributed by atoms with Crippen LogP contribution < -0.4 is 11.1 Å². The number of hydrogen-bond donors (Lipinski definition) is 2. The fourth-order valence-electron chi connectivity index (χ4n) is 2.83. The molecule has 27 heavy (non-hydrogen) atoms. The van der Waals surface area contributed by atoms with Gasteiger partial charge < -0.3 is 11.1 Å². The first-order valence-corrected chi connectivity index (χ1v) is 9.33. The molecule has 0 spiro atoms. The summed E-state index contributed by atoms with van der Waals surface area (Å²) in [6.45, 7) is 3.95. The maximum atomic E-state index is 12.7. The monoisotopic (exact) mass is 374 g/mol. The van der Waals surface area contributed by atoms with Crippen molar-refractivity contribution in [1.82, 2.24) is 9.97 Å². The molecular formula is C21H18N4OS. The lowest BCUT2D eigenvalue weighted by Gasteiger charge is -2.05. The van der Waals surface area contributed by atoms with Gasteiger partial charge >= 0.3 is 0 Å². The molecule has 4 aromatic rings. The van der Waals surface area contributed by atoms with Gasteiger partial charge in [-0.15, -0.1) is 11.3 Å². The number of fused-ring (bicyclic) bond motifs is 1. The van der Waals surface area contributed by atoms with E-state index in [1.54, 1.807) is 6.20 Å². The van der Waals surface area contributed by atoms with Crippen molar-refractivity contribution in [3.63, 3.8) is 0 Å². The highest BCUT2D eigenvalue weighted by Gasteiger charge is 2.18. The summed E-state index contributed by atoms with van der Waals surface area (Å²) in [5, 5.41) is 3.62. The number of rotatable bonds is 3. The van der Waals surface area contributed by atoms with Gasteiger partial charge in [-0.1, -0.05) is 35.9 Å². The Bertz CT molecular complexity index is 1150. The van der Waals surface area contributed by atoms with E-state index in [2.05, 4.69) is 29.4 Å². The Morgan fingerprint density at radius 2 is 1.85 bits per heavy atom. The molecule has 0 bridgehead atoms. The zero-order valence-corrected chi connectivity index (χ0v) is 15.8. The molecule has 0 fully saturated rings. The number of pyridine rings is 2. The lowest BCUT2D eigenvalue weighted by Crippen LogP contribution is -2.13.